The third-order valence-electron chi connectivity index (χ3n) is 4.13. The number of halogens is 1. The summed E-state index contributed by atoms with van der Waals surface area (Å²) in [5, 5.41) is 3.09. The summed E-state index contributed by atoms with van der Waals surface area (Å²) in [6.07, 6.45) is 1.87. The third kappa shape index (κ3) is 4.52. The summed E-state index contributed by atoms with van der Waals surface area (Å²) < 4.78 is 14.4. The van der Waals surface area contributed by atoms with Crippen LogP contribution >= 0.6 is 35.3 Å². The molecule has 2 amide bonds. The van der Waals surface area contributed by atoms with Crippen LogP contribution in [-0.2, 0) is 9.59 Å². The Morgan fingerprint density at radius 3 is 2.83 bits per heavy atom. The van der Waals surface area contributed by atoms with Gasteiger partial charge in [-0.15, -0.1) is 0 Å². The van der Waals surface area contributed by atoms with E-state index in [0.717, 1.165) is 5.56 Å². The molecule has 1 aliphatic rings. The van der Waals surface area contributed by atoms with Gasteiger partial charge in [-0.1, -0.05) is 65.6 Å². The van der Waals surface area contributed by atoms with Gasteiger partial charge in [-0.05, 0) is 29.8 Å². The van der Waals surface area contributed by atoms with Gasteiger partial charge in [0, 0.05) is 13.0 Å². The monoisotopic (exact) mass is 443 g/mol. The Morgan fingerprint density at radius 1 is 1.24 bits per heavy atom. The number of nitrogens with one attached hydrogen (secondary N) is 1. The van der Waals surface area contributed by atoms with Crippen LogP contribution in [0.1, 0.15) is 12.0 Å². The van der Waals surface area contributed by atoms with Crippen LogP contribution in [0.5, 0.6) is 0 Å². The predicted octanol–water partition coefficient (Wildman–Crippen LogP) is 4.67. The van der Waals surface area contributed by atoms with Crippen molar-refractivity contribution in [2.75, 3.05) is 11.9 Å². The number of anilines is 1. The van der Waals surface area contributed by atoms with E-state index in [1.807, 2.05) is 30.3 Å². The van der Waals surface area contributed by atoms with E-state index in [4.69, 9.17) is 12.2 Å². The van der Waals surface area contributed by atoms with E-state index in [-0.39, 0.29) is 30.6 Å². The van der Waals surface area contributed by atoms with Crippen LogP contribution in [0.3, 0.4) is 0 Å². The average molecular weight is 444 g/mol. The lowest BCUT2D eigenvalue weighted by Crippen LogP contribution is -2.31. The zero-order chi connectivity index (χ0) is 20.4. The van der Waals surface area contributed by atoms with Crippen molar-refractivity contribution in [2.24, 2.45) is 0 Å². The van der Waals surface area contributed by atoms with E-state index in [1.54, 1.807) is 12.1 Å². The molecule has 3 aromatic rings. The first-order valence-electron chi connectivity index (χ1n) is 8.66. The second-order valence-corrected chi connectivity index (χ2v) is 8.88. The van der Waals surface area contributed by atoms with Gasteiger partial charge in [0.05, 0.1) is 15.1 Å². The van der Waals surface area contributed by atoms with Crippen molar-refractivity contribution in [1.82, 2.24) is 9.88 Å². The predicted molar refractivity (Wildman–Crippen MR) is 119 cm³/mol. The molecule has 2 heterocycles. The fourth-order valence-electron chi connectivity index (χ4n) is 2.74. The van der Waals surface area contributed by atoms with Gasteiger partial charge in [-0.3, -0.25) is 14.5 Å². The molecule has 0 spiro atoms. The summed E-state index contributed by atoms with van der Waals surface area (Å²) >= 11 is 7.72. The molecule has 146 valence electrons. The number of amides is 2. The van der Waals surface area contributed by atoms with Crippen LogP contribution in [0.15, 0.2) is 53.4 Å². The summed E-state index contributed by atoms with van der Waals surface area (Å²) in [6.45, 7) is 0.183. The fraction of sp³-hybridized carbons (Fsp3) is 0.100. The lowest BCUT2D eigenvalue weighted by Gasteiger charge is -2.13. The first-order chi connectivity index (χ1) is 14.0. The molecule has 0 atom stereocenters. The maximum absolute atomic E-state index is 13.3. The highest BCUT2D eigenvalue weighted by Crippen LogP contribution is 2.32. The van der Waals surface area contributed by atoms with E-state index in [0.29, 0.717) is 24.6 Å². The number of rotatable bonds is 5. The van der Waals surface area contributed by atoms with E-state index in [9.17, 15) is 14.0 Å². The number of thiocarbonyl (C=S) groups is 1. The molecule has 2 aromatic carbocycles. The first-order valence-corrected chi connectivity index (χ1v) is 10.7. The number of fused-ring (bicyclic) bond motifs is 1. The molecule has 1 saturated heterocycles. The molecule has 0 bridgehead atoms. The normalized spacial score (nSPS) is 15.5. The second kappa shape index (κ2) is 8.40. The Hall–Kier alpha value is -2.62. The van der Waals surface area contributed by atoms with Gasteiger partial charge in [-0.25, -0.2) is 9.37 Å². The number of nitrogens with zero attached hydrogens (tertiary/aromatic N) is 2. The number of carbonyl (C=O) groups excluding carboxylic acids is 2. The van der Waals surface area contributed by atoms with E-state index >= 15 is 0 Å². The summed E-state index contributed by atoms with van der Waals surface area (Å²) in [5.41, 5.74) is 1.53. The van der Waals surface area contributed by atoms with E-state index in [1.165, 1.54) is 40.1 Å². The molecule has 4 rings (SSSR count). The smallest absolute Gasteiger partial charge is 0.266 e. The molecular weight excluding hydrogens is 429 g/mol. The van der Waals surface area contributed by atoms with Gasteiger partial charge in [0.15, 0.2) is 5.13 Å². The minimum Gasteiger partial charge on any atom is -0.302 e. The van der Waals surface area contributed by atoms with Gasteiger partial charge in [0.25, 0.3) is 5.91 Å². The SMILES string of the molecule is O=C(CCN1C(=O)/C(=C/c2ccccc2)SC1=S)Nc1nc2ccc(F)cc2s1. The van der Waals surface area contributed by atoms with Crippen molar-refractivity contribution >= 4 is 72.9 Å². The highest BCUT2D eigenvalue weighted by Gasteiger charge is 2.32. The number of hydrogen-bond donors (Lipinski definition) is 1. The first kappa shape index (κ1) is 19.7. The number of carbonyl (C=O) groups is 2. The average Bonchev–Trinajstić information content (AvgIpc) is 3.20. The molecule has 1 aromatic heterocycles. The number of hydrogen-bond acceptors (Lipinski definition) is 6. The highest BCUT2D eigenvalue weighted by molar-refractivity contribution is 8.26. The van der Waals surface area contributed by atoms with Crippen LogP contribution in [0.2, 0.25) is 0 Å². The lowest BCUT2D eigenvalue weighted by atomic mass is 10.2. The van der Waals surface area contributed by atoms with Crippen molar-refractivity contribution < 1.29 is 14.0 Å². The van der Waals surface area contributed by atoms with E-state index in [2.05, 4.69) is 10.3 Å². The fourth-order valence-corrected chi connectivity index (χ4v) is 4.96. The van der Waals surface area contributed by atoms with Crippen molar-refractivity contribution in [2.45, 2.75) is 6.42 Å². The zero-order valence-electron chi connectivity index (χ0n) is 14.9. The van der Waals surface area contributed by atoms with Crippen molar-refractivity contribution in [3.05, 3.63) is 64.8 Å². The van der Waals surface area contributed by atoms with Crippen LogP contribution in [0, 0.1) is 5.82 Å². The largest absolute Gasteiger partial charge is 0.302 e. The standard InChI is InChI=1S/C20H14FN3O2S3/c21-13-6-7-14-15(11-13)28-19(22-14)23-17(25)8-9-24-18(26)16(29-20(24)27)10-12-4-2-1-3-5-12/h1-7,10-11H,8-9H2,(H,22,23,25)/b16-10-. The van der Waals surface area contributed by atoms with Gasteiger partial charge in [0.2, 0.25) is 5.91 Å². The minimum absolute atomic E-state index is 0.0787. The molecule has 1 N–H and O–H groups in total. The van der Waals surface area contributed by atoms with Gasteiger partial charge < -0.3 is 5.32 Å². The molecule has 0 radical (unpaired) electrons. The topological polar surface area (TPSA) is 62.3 Å². The molecule has 5 nitrogen and oxygen atoms in total. The van der Waals surface area contributed by atoms with Crippen molar-refractivity contribution in [3.63, 3.8) is 0 Å². The highest BCUT2D eigenvalue weighted by atomic mass is 32.2. The molecule has 0 aliphatic carbocycles. The van der Waals surface area contributed by atoms with Gasteiger partial charge in [-0.2, -0.15) is 0 Å². The lowest BCUT2D eigenvalue weighted by molar-refractivity contribution is -0.122. The summed E-state index contributed by atoms with van der Waals surface area (Å²) in [7, 11) is 0. The summed E-state index contributed by atoms with van der Waals surface area (Å²) in [6, 6.07) is 13.8. The quantitative estimate of drug-likeness (QED) is 0.459. The molecule has 29 heavy (non-hydrogen) atoms. The molecular formula is C20H14FN3O2S3. The van der Waals surface area contributed by atoms with Crippen LogP contribution in [-0.4, -0.2) is 32.6 Å². The minimum atomic E-state index is -0.350. The Balaban J connectivity index is 1.37. The molecule has 9 heteroatoms. The van der Waals surface area contributed by atoms with Gasteiger partial charge in [0.1, 0.15) is 10.1 Å². The summed E-state index contributed by atoms with van der Waals surface area (Å²) in [5.74, 6) is -0.838. The maximum Gasteiger partial charge on any atom is 0.266 e. The Bertz CT molecular complexity index is 1140. The Kier molecular flexibility index (Phi) is 5.70. The number of thiazole rings is 1. The molecule has 0 saturated carbocycles. The maximum atomic E-state index is 13.3. The number of aromatic nitrogens is 1. The zero-order valence-corrected chi connectivity index (χ0v) is 17.4. The molecule has 0 unspecified atom stereocenters. The number of benzene rings is 2. The summed E-state index contributed by atoms with van der Waals surface area (Å²) in [4.78, 5) is 31.1. The second-order valence-electron chi connectivity index (χ2n) is 6.17. The van der Waals surface area contributed by atoms with Crippen LogP contribution in [0.4, 0.5) is 9.52 Å². The van der Waals surface area contributed by atoms with E-state index < -0.39 is 0 Å². The third-order valence-corrected chi connectivity index (χ3v) is 6.44. The molecule has 1 fully saturated rings. The Labute approximate surface area is 179 Å². The number of thioether (sulfide) groups is 1. The van der Waals surface area contributed by atoms with Crippen LogP contribution in [0.25, 0.3) is 16.3 Å². The van der Waals surface area contributed by atoms with Crippen molar-refractivity contribution in [3.8, 4) is 0 Å². The molecule has 1 aliphatic heterocycles. The van der Waals surface area contributed by atoms with Crippen LogP contribution < -0.4 is 5.32 Å². The van der Waals surface area contributed by atoms with Crippen molar-refractivity contribution in [1.29, 1.82) is 0 Å². The Morgan fingerprint density at radius 2 is 2.03 bits per heavy atom. The van der Waals surface area contributed by atoms with Gasteiger partial charge >= 0.3 is 0 Å².